The number of aryl methyl sites for hydroxylation is 1. The van der Waals surface area contributed by atoms with E-state index in [4.69, 9.17) is 23.2 Å². The Morgan fingerprint density at radius 2 is 1.81 bits per heavy atom. The van der Waals surface area contributed by atoms with Crippen LogP contribution in [0.2, 0.25) is 10.0 Å². The molecule has 3 rings (SSSR count). The molecule has 6 nitrogen and oxygen atoms in total. The van der Waals surface area contributed by atoms with Crippen LogP contribution in [0.15, 0.2) is 54.7 Å². The highest BCUT2D eigenvalue weighted by molar-refractivity contribution is 6.42. The quantitative estimate of drug-likeness (QED) is 0.526. The number of anilines is 1. The molecule has 0 aliphatic heterocycles. The zero-order chi connectivity index (χ0) is 22.5. The smallest absolute Gasteiger partial charge is 0.252 e. The van der Waals surface area contributed by atoms with Crippen molar-refractivity contribution in [2.75, 3.05) is 5.32 Å². The summed E-state index contributed by atoms with van der Waals surface area (Å²) in [6, 6.07) is 13.6. The number of nitrogens with zero attached hydrogens (tertiary/aromatic N) is 2. The molecule has 8 heteroatoms. The summed E-state index contributed by atoms with van der Waals surface area (Å²) in [4.78, 5) is 25.7. The zero-order valence-electron chi connectivity index (χ0n) is 17.5. The van der Waals surface area contributed by atoms with Crippen molar-refractivity contribution in [3.05, 3.63) is 81.5 Å². The molecule has 0 saturated carbocycles. The van der Waals surface area contributed by atoms with Crippen LogP contribution in [-0.2, 0) is 11.3 Å². The third-order valence-corrected chi connectivity index (χ3v) is 5.80. The molecule has 0 fully saturated rings. The monoisotopic (exact) mass is 458 g/mol. The predicted octanol–water partition coefficient (Wildman–Crippen LogP) is 4.94. The number of carbonyl (C=O) groups is 2. The Kier molecular flexibility index (Phi) is 7.36. The molecule has 162 valence electrons. The molecule has 1 aromatic heterocycles. The van der Waals surface area contributed by atoms with Gasteiger partial charge in [0.15, 0.2) is 0 Å². The summed E-state index contributed by atoms with van der Waals surface area (Å²) in [6.45, 7) is 5.96. The SMILES string of the molecule is Cc1ccccc1C(=O)N[C@H](C(=O)Nc1ccnn1Cc1cccc(Cl)c1Cl)C(C)C. The average molecular weight is 459 g/mol. The lowest BCUT2D eigenvalue weighted by Gasteiger charge is -2.22. The molecule has 1 heterocycles. The minimum absolute atomic E-state index is 0.119. The van der Waals surface area contributed by atoms with Gasteiger partial charge in [0.05, 0.1) is 22.8 Å². The van der Waals surface area contributed by atoms with Gasteiger partial charge in [0, 0.05) is 11.6 Å². The van der Waals surface area contributed by atoms with Crippen LogP contribution in [0.1, 0.15) is 35.3 Å². The number of amides is 2. The predicted molar refractivity (Wildman–Crippen MR) is 124 cm³/mol. The van der Waals surface area contributed by atoms with Gasteiger partial charge in [-0.05, 0) is 36.1 Å². The summed E-state index contributed by atoms with van der Waals surface area (Å²) in [7, 11) is 0. The molecule has 0 saturated heterocycles. The Balaban J connectivity index is 1.75. The third-order valence-electron chi connectivity index (χ3n) is 4.94. The van der Waals surface area contributed by atoms with Crippen molar-refractivity contribution in [2.45, 2.75) is 33.4 Å². The van der Waals surface area contributed by atoms with E-state index in [9.17, 15) is 9.59 Å². The van der Waals surface area contributed by atoms with Crippen LogP contribution in [0.25, 0.3) is 0 Å². The van der Waals surface area contributed by atoms with Crippen LogP contribution in [0.5, 0.6) is 0 Å². The van der Waals surface area contributed by atoms with Crippen LogP contribution < -0.4 is 10.6 Å². The second-order valence-electron chi connectivity index (χ2n) is 7.59. The molecule has 31 heavy (non-hydrogen) atoms. The first-order valence-corrected chi connectivity index (χ1v) is 10.7. The lowest BCUT2D eigenvalue weighted by molar-refractivity contribution is -0.118. The number of benzene rings is 2. The number of nitrogens with one attached hydrogen (secondary N) is 2. The first-order valence-electron chi connectivity index (χ1n) is 9.90. The molecule has 1 atom stereocenters. The molecule has 0 aliphatic rings. The van der Waals surface area contributed by atoms with Gasteiger partial charge in [-0.1, -0.05) is 67.4 Å². The van der Waals surface area contributed by atoms with Crippen molar-refractivity contribution in [1.29, 1.82) is 0 Å². The van der Waals surface area contributed by atoms with Gasteiger partial charge in [-0.2, -0.15) is 5.10 Å². The molecule has 0 aliphatic carbocycles. The summed E-state index contributed by atoms with van der Waals surface area (Å²) >= 11 is 12.4. The van der Waals surface area contributed by atoms with Crippen molar-refractivity contribution in [3.63, 3.8) is 0 Å². The van der Waals surface area contributed by atoms with Gasteiger partial charge in [-0.25, -0.2) is 4.68 Å². The maximum atomic E-state index is 13.0. The van der Waals surface area contributed by atoms with Gasteiger partial charge in [0.25, 0.3) is 5.91 Å². The van der Waals surface area contributed by atoms with E-state index >= 15 is 0 Å². The van der Waals surface area contributed by atoms with Crippen LogP contribution >= 0.6 is 23.2 Å². The molecule has 3 aromatic rings. The Morgan fingerprint density at radius 3 is 2.52 bits per heavy atom. The van der Waals surface area contributed by atoms with E-state index in [1.54, 1.807) is 41.2 Å². The second-order valence-corrected chi connectivity index (χ2v) is 8.37. The minimum Gasteiger partial charge on any atom is -0.340 e. The normalized spacial score (nSPS) is 11.9. The van der Waals surface area contributed by atoms with Crippen molar-refractivity contribution in [1.82, 2.24) is 15.1 Å². The largest absolute Gasteiger partial charge is 0.340 e. The summed E-state index contributed by atoms with van der Waals surface area (Å²) in [5.74, 6) is -0.231. The summed E-state index contributed by atoms with van der Waals surface area (Å²) in [5.41, 5.74) is 2.17. The lowest BCUT2D eigenvalue weighted by Crippen LogP contribution is -2.47. The highest BCUT2D eigenvalue weighted by atomic mass is 35.5. The molecule has 0 spiro atoms. The lowest BCUT2D eigenvalue weighted by atomic mass is 10.0. The summed E-state index contributed by atoms with van der Waals surface area (Å²) in [5, 5.41) is 10.9. The zero-order valence-corrected chi connectivity index (χ0v) is 19.0. The van der Waals surface area contributed by atoms with Crippen LogP contribution in [0, 0.1) is 12.8 Å². The first-order chi connectivity index (χ1) is 14.8. The number of hydrogen-bond donors (Lipinski definition) is 2. The van der Waals surface area contributed by atoms with Crippen LogP contribution in [0.4, 0.5) is 5.82 Å². The molecule has 2 N–H and O–H groups in total. The minimum atomic E-state index is -0.717. The molecular weight excluding hydrogens is 435 g/mol. The Hall–Kier alpha value is -2.83. The van der Waals surface area contributed by atoms with Crippen molar-refractivity contribution in [3.8, 4) is 0 Å². The standard InChI is InChI=1S/C23H24Cl2N4O2/c1-14(2)21(28-22(30)17-9-5-4-7-15(17)3)23(31)27-19-11-12-26-29(19)13-16-8-6-10-18(24)20(16)25/h4-12,14,21H,13H2,1-3H3,(H,27,31)(H,28,30)/t21-/m0/s1. The molecule has 2 aromatic carbocycles. The van der Waals surface area contributed by atoms with Gasteiger partial charge in [0.1, 0.15) is 11.9 Å². The van der Waals surface area contributed by atoms with Gasteiger partial charge in [-0.15, -0.1) is 0 Å². The van der Waals surface area contributed by atoms with Crippen molar-refractivity contribution < 1.29 is 9.59 Å². The molecule has 2 amide bonds. The van der Waals surface area contributed by atoms with E-state index in [1.807, 2.05) is 39.0 Å². The van der Waals surface area contributed by atoms with E-state index in [1.165, 1.54) is 0 Å². The number of carbonyl (C=O) groups excluding carboxylic acids is 2. The number of aromatic nitrogens is 2. The molecular formula is C23H24Cl2N4O2. The topological polar surface area (TPSA) is 76.0 Å². The average Bonchev–Trinajstić information content (AvgIpc) is 3.16. The van der Waals surface area contributed by atoms with Crippen LogP contribution in [0.3, 0.4) is 0 Å². The van der Waals surface area contributed by atoms with Crippen LogP contribution in [-0.4, -0.2) is 27.6 Å². The molecule has 0 unspecified atom stereocenters. The van der Waals surface area contributed by atoms with Crippen molar-refractivity contribution >= 4 is 40.8 Å². The van der Waals surface area contributed by atoms with Gasteiger partial charge in [0.2, 0.25) is 5.91 Å². The number of hydrogen-bond acceptors (Lipinski definition) is 3. The number of rotatable bonds is 7. The second kappa shape index (κ2) is 9.98. The highest BCUT2D eigenvalue weighted by Gasteiger charge is 2.26. The van der Waals surface area contributed by atoms with E-state index in [0.29, 0.717) is 28.0 Å². The van der Waals surface area contributed by atoms with Gasteiger partial charge >= 0.3 is 0 Å². The van der Waals surface area contributed by atoms with Gasteiger partial charge in [-0.3, -0.25) is 9.59 Å². The first kappa shape index (κ1) is 22.8. The Labute approximate surface area is 191 Å². The molecule has 0 bridgehead atoms. The fourth-order valence-electron chi connectivity index (χ4n) is 3.18. The third kappa shape index (κ3) is 5.46. The summed E-state index contributed by atoms with van der Waals surface area (Å²) < 4.78 is 1.62. The van der Waals surface area contributed by atoms with E-state index in [-0.39, 0.29) is 17.7 Å². The Bertz CT molecular complexity index is 1090. The van der Waals surface area contributed by atoms with E-state index < -0.39 is 6.04 Å². The molecule has 0 radical (unpaired) electrons. The summed E-state index contributed by atoms with van der Waals surface area (Å²) in [6.07, 6.45) is 1.59. The van der Waals surface area contributed by atoms with E-state index in [2.05, 4.69) is 15.7 Å². The Morgan fingerprint density at radius 1 is 1.06 bits per heavy atom. The van der Waals surface area contributed by atoms with Gasteiger partial charge < -0.3 is 10.6 Å². The van der Waals surface area contributed by atoms with E-state index in [0.717, 1.165) is 11.1 Å². The fraction of sp³-hybridized carbons (Fsp3) is 0.261. The highest BCUT2D eigenvalue weighted by Crippen LogP contribution is 2.26. The maximum Gasteiger partial charge on any atom is 0.252 e. The fourth-order valence-corrected chi connectivity index (χ4v) is 3.56. The number of halogens is 2. The maximum absolute atomic E-state index is 13.0. The van der Waals surface area contributed by atoms with Crippen molar-refractivity contribution in [2.24, 2.45) is 5.92 Å².